The first kappa shape index (κ1) is 10.1. The average molecular weight is 230 g/mol. The van der Waals surface area contributed by atoms with Gasteiger partial charge in [0.15, 0.2) is 5.82 Å². The van der Waals surface area contributed by atoms with E-state index in [1.165, 1.54) is 0 Å². The van der Waals surface area contributed by atoms with Crippen molar-refractivity contribution in [1.82, 2.24) is 20.0 Å². The Hall–Kier alpha value is -1.43. The molecule has 15 heavy (non-hydrogen) atoms. The van der Waals surface area contributed by atoms with Crippen molar-refractivity contribution >= 4 is 23.4 Å². The van der Waals surface area contributed by atoms with E-state index in [9.17, 15) is 4.79 Å². The van der Waals surface area contributed by atoms with E-state index in [-0.39, 0.29) is 6.03 Å². The molecule has 2 amide bonds. The standard InChI is InChI=1S/C8H12ClN5O/c9-6-5-14(12-7(6)10)4-3-13-2-1-11-8(13)15/h5H,1-4H2,(H2,10,12)(H,11,15). The summed E-state index contributed by atoms with van der Waals surface area (Å²) < 4.78 is 1.64. The summed E-state index contributed by atoms with van der Waals surface area (Å²) in [6.07, 6.45) is 1.66. The summed E-state index contributed by atoms with van der Waals surface area (Å²) in [5.74, 6) is 0.322. The Balaban J connectivity index is 1.90. The van der Waals surface area contributed by atoms with Crippen LogP contribution in [0, 0.1) is 0 Å². The predicted molar refractivity (Wildman–Crippen MR) is 56.6 cm³/mol. The van der Waals surface area contributed by atoms with Gasteiger partial charge in [-0.3, -0.25) is 4.68 Å². The normalized spacial score (nSPS) is 15.8. The highest BCUT2D eigenvalue weighted by Crippen LogP contribution is 2.15. The molecule has 1 saturated heterocycles. The van der Waals surface area contributed by atoms with E-state index in [1.807, 2.05) is 0 Å². The van der Waals surface area contributed by atoms with Crippen molar-refractivity contribution < 1.29 is 4.79 Å². The summed E-state index contributed by atoms with van der Waals surface area (Å²) in [6.45, 7) is 2.66. The Labute approximate surface area is 92.0 Å². The van der Waals surface area contributed by atoms with Crippen LogP contribution in [0.5, 0.6) is 0 Å². The van der Waals surface area contributed by atoms with Crippen LogP contribution in [-0.4, -0.2) is 40.3 Å². The molecule has 1 aliphatic heterocycles. The van der Waals surface area contributed by atoms with Gasteiger partial charge in [0.25, 0.3) is 0 Å². The van der Waals surface area contributed by atoms with Gasteiger partial charge in [0, 0.05) is 25.8 Å². The van der Waals surface area contributed by atoms with Gasteiger partial charge in [-0.25, -0.2) is 4.79 Å². The van der Waals surface area contributed by atoms with Crippen LogP contribution in [0.3, 0.4) is 0 Å². The van der Waals surface area contributed by atoms with E-state index < -0.39 is 0 Å². The Morgan fingerprint density at radius 2 is 2.40 bits per heavy atom. The number of nitrogen functional groups attached to an aromatic ring is 1. The first-order valence-corrected chi connectivity index (χ1v) is 5.06. The fourth-order valence-electron chi connectivity index (χ4n) is 1.47. The van der Waals surface area contributed by atoms with Crippen LogP contribution >= 0.6 is 11.6 Å². The molecule has 0 spiro atoms. The minimum Gasteiger partial charge on any atom is -0.381 e. The fourth-order valence-corrected chi connectivity index (χ4v) is 1.62. The van der Waals surface area contributed by atoms with Gasteiger partial charge in [-0.15, -0.1) is 0 Å². The number of nitrogens with zero attached hydrogens (tertiary/aromatic N) is 3. The Morgan fingerprint density at radius 1 is 1.60 bits per heavy atom. The van der Waals surface area contributed by atoms with Crippen LogP contribution in [0.2, 0.25) is 5.02 Å². The highest BCUT2D eigenvalue weighted by atomic mass is 35.5. The zero-order valence-corrected chi connectivity index (χ0v) is 8.87. The van der Waals surface area contributed by atoms with Crippen LogP contribution in [0.1, 0.15) is 0 Å². The number of anilines is 1. The topological polar surface area (TPSA) is 76.2 Å². The number of carbonyl (C=O) groups is 1. The van der Waals surface area contributed by atoms with E-state index in [0.717, 1.165) is 6.54 Å². The van der Waals surface area contributed by atoms with Crippen molar-refractivity contribution in [2.24, 2.45) is 0 Å². The van der Waals surface area contributed by atoms with Crippen LogP contribution in [-0.2, 0) is 6.54 Å². The number of rotatable bonds is 3. The van der Waals surface area contributed by atoms with Gasteiger partial charge in [0.2, 0.25) is 0 Å². The lowest BCUT2D eigenvalue weighted by atomic mass is 10.5. The van der Waals surface area contributed by atoms with Crippen molar-refractivity contribution in [2.45, 2.75) is 6.54 Å². The second-order valence-corrected chi connectivity index (χ2v) is 3.75. The zero-order chi connectivity index (χ0) is 10.8. The number of urea groups is 1. The van der Waals surface area contributed by atoms with E-state index in [4.69, 9.17) is 17.3 Å². The molecule has 1 aliphatic rings. The van der Waals surface area contributed by atoms with E-state index in [0.29, 0.717) is 30.5 Å². The zero-order valence-electron chi connectivity index (χ0n) is 8.11. The maximum Gasteiger partial charge on any atom is 0.317 e. The molecular formula is C8H12ClN5O. The maximum absolute atomic E-state index is 11.2. The molecule has 1 aromatic rings. The lowest BCUT2D eigenvalue weighted by molar-refractivity contribution is 0.215. The highest BCUT2D eigenvalue weighted by molar-refractivity contribution is 6.32. The SMILES string of the molecule is Nc1nn(CCN2CCNC2=O)cc1Cl. The third kappa shape index (κ3) is 2.15. The van der Waals surface area contributed by atoms with Crippen LogP contribution in [0.25, 0.3) is 0 Å². The molecular weight excluding hydrogens is 218 g/mol. The summed E-state index contributed by atoms with van der Waals surface area (Å²) >= 11 is 5.75. The average Bonchev–Trinajstić information content (AvgIpc) is 2.72. The number of hydrogen-bond acceptors (Lipinski definition) is 3. The van der Waals surface area contributed by atoms with Crippen LogP contribution in [0.4, 0.5) is 10.6 Å². The monoisotopic (exact) mass is 229 g/mol. The Bertz CT molecular complexity index is 358. The van der Waals surface area contributed by atoms with Crippen LogP contribution < -0.4 is 11.1 Å². The largest absolute Gasteiger partial charge is 0.381 e. The van der Waals surface area contributed by atoms with Crippen molar-refractivity contribution in [3.63, 3.8) is 0 Å². The van der Waals surface area contributed by atoms with Crippen molar-refractivity contribution in [3.8, 4) is 0 Å². The summed E-state index contributed by atoms with van der Waals surface area (Å²) in [5, 5.41) is 7.17. The quantitative estimate of drug-likeness (QED) is 0.774. The third-order valence-corrected chi connectivity index (χ3v) is 2.58. The highest BCUT2D eigenvalue weighted by Gasteiger charge is 2.18. The molecule has 0 aliphatic carbocycles. The molecule has 7 heteroatoms. The smallest absolute Gasteiger partial charge is 0.317 e. The number of hydrogen-bond donors (Lipinski definition) is 2. The van der Waals surface area contributed by atoms with Gasteiger partial charge < -0.3 is 16.0 Å². The van der Waals surface area contributed by atoms with Gasteiger partial charge in [-0.2, -0.15) is 5.10 Å². The van der Waals surface area contributed by atoms with Crippen molar-refractivity contribution in [1.29, 1.82) is 0 Å². The number of aromatic nitrogens is 2. The van der Waals surface area contributed by atoms with Crippen molar-refractivity contribution in [2.75, 3.05) is 25.4 Å². The Kier molecular flexibility index (Phi) is 2.68. The molecule has 0 bridgehead atoms. The van der Waals surface area contributed by atoms with E-state index in [1.54, 1.807) is 15.8 Å². The molecule has 0 radical (unpaired) electrons. The molecule has 0 unspecified atom stereocenters. The predicted octanol–water partition coefficient (Wildman–Crippen LogP) is 0.144. The number of carbonyl (C=O) groups excluding carboxylic acids is 1. The fraction of sp³-hybridized carbons (Fsp3) is 0.500. The van der Waals surface area contributed by atoms with E-state index >= 15 is 0 Å². The van der Waals surface area contributed by atoms with Gasteiger partial charge >= 0.3 is 6.03 Å². The lowest BCUT2D eigenvalue weighted by Crippen LogP contribution is -2.31. The first-order valence-electron chi connectivity index (χ1n) is 4.68. The molecule has 82 valence electrons. The first-order chi connectivity index (χ1) is 7.16. The van der Waals surface area contributed by atoms with Gasteiger partial charge in [0.1, 0.15) is 5.02 Å². The molecule has 2 heterocycles. The molecule has 0 aromatic carbocycles. The molecule has 3 N–H and O–H groups in total. The number of nitrogens with one attached hydrogen (secondary N) is 1. The second kappa shape index (κ2) is 3.98. The Morgan fingerprint density at radius 3 is 2.93 bits per heavy atom. The molecule has 1 aromatic heterocycles. The number of halogens is 1. The van der Waals surface area contributed by atoms with E-state index in [2.05, 4.69) is 10.4 Å². The molecule has 0 saturated carbocycles. The summed E-state index contributed by atoms with van der Waals surface area (Å²) in [4.78, 5) is 12.9. The minimum absolute atomic E-state index is 0.0266. The summed E-state index contributed by atoms with van der Waals surface area (Å²) in [6, 6.07) is -0.0266. The second-order valence-electron chi connectivity index (χ2n) is 3.34. The maximum atomic E-state index is 11.2. The third-order valence-electron chi connectivity index (χ3n) is 2.29. The van der Waals surface area contributed by atoms with Crippen LogP contribution in [0.15, 0.2) is 6.20 Å². The summed E-state index contributed by atoms with van der Waals surface area (Å²) in [5.41, 5.74) is 5.49. The summed E-state index contributed by atoms with van der Waals surface area (Å²) in [7, 11) is 0. The molecule has 0 atom stereocenters. The van der Waals surface area contributed by atoms with Crippen molar-refractivity contribution in [3.05, 3.63) is 11.2 Å². The van der Waals surface area contributed by atoms with Gasteiger partial charge in [-0.05, 0) is 0 Å². The van der Waals surface area contributed by atoms with Gasteiger partial charge in [0.05, 0.1) is 6.54 Å². The number of amides is 2. The minimum atomic E-state index is -0.0266. The molecule has 2 rings (SSSR count). The lowest BCUT2D eigenvalue weighted by Gasteiger charge is -2.13. The molecule has 1 fully saturated rings. The number of nitrogens with two attached hydrogens (primary N) is 1. The molecule has 6 nitrogen and oxygen atoms in total. The van der Waals surface area contributed by atoms with Gasteiger partial charge in [-0.1, -0.05) is 11.6 Å².